The van der Waals surface area contributed by atoms with E-state index in [4.69, 9.17) is 0 Å². The lowest BCUT2D eigenvalue weighted by Gasteiger charge is -2.38. The van der Waals surface area contributed by atoms with E-state index >= 15 is 0 Å². The first-order valence-corrected chi connectivity index (χ1v) is 8.69. The molecule has 0 amide bonds. The van der Waals surface area contributed by atoms with Gasteiger partial charge in [-0.25, -0.2) is 8.42 Å². The summed E-state index contributed by atoms with van der Waals surface area (Å²) < 4.78 is 26.8. The average molecular weight is 289 g/mol. The highest BCUT2D eigenvalue weighted by Crippen LogP contribution is 2.30. The van der Waals surface area contributed by atoms with E-state index < -0.39 is 14.8 Å². The molecule has 5 nitrogen and oxygen atoms in total. The van der Waals surface area contributed by atoms with Gasteiger partial charge in [-0.2, -0.15) is 4.31 Å². The van der Waals surface area contributed by atoms with E-state index in [1.807, 2.05) is 13.8 Å². The van der Waals surface area contributed by atoms with Gasteiger partial charge in [-0.05, 0) is 40.5 Å². The fourth-order valence-electron chi connectivity index (χ4n) is 3.10. The number of sulfonamides is 1. The van der Waals surface area contributed by atoms with Crippen molar-refractivity contribution in [2.45, 2.75) is 57.5 Å². The molecule has 0 spiro atoms. The highest BCUT2D eigenvalue weighted by Gasteiger charge is 2.46. The Bertz CT molecular complexity index is 420. The van der Waals surface area contributed by atoms with Gasteiger partial charge in [0.1, 0.15) is 0 Å². The van der Waals surface area contributed by atoms with E-state index in [0.717, 1.165) is 25.9 Å². The topological polar surface area (TPSA) is 52.6 Å². The first-order chi connectivity index (χ1) is 8.77. The molecule has 2 rings (SSSR count). The Morgan fingerprint density at radius 2 is 1.95 bits per heavy atom. The van der Waals surface area contributed by atoms with Crippen molar-refractivity contribution in [2.75, 3.05) is 26.2 Å². The van der Waals surface area contributed by atoms with Crippen LogP contribution in [-0.2, 0) is 10.0 Å². The molecule has 0 aliphatic carbocycles. The molecule has 2 fully saturated rings. The summed E-state index contributed by atoms with van der Waals surface area (Å²) in [5.41, 5.74) is 0. The minimum absolute atomic E-state index is 0.0455. The Labute approximate surface area is 117 Å². The van der Waals surface area contributed by atoms with Gasteiger partial charge >= 0.3 is 0 Å². The van der Waals surface area contributed by atoms with Crippen LogP contribution < -0.4 is 5.32 Å². The minimum atomic E-state index is -3.26. The van der Waals surface area contributed by atoms with Crippen molar-refractivity contribution in [3.05, 3.63) is 0 Å². The fourth-order valence-corrected chi connectivity index (χ4v) is 4.90. The maximum absolute atomic E-state index is 12.9. The van der Waals surface area contributed by atoms with Crippen LogP contribution in [0.1, 0.15) is 40.5 Å². The van der Waals surface area contributed by atoms with Crippen molar-refractivity contribution in [3.63, 3.8) is 0 Å². The van der Waals surface area contributed by atoms with Crippen molar-refractivity contribution in [2.24, 2.45) is 0 Å². The van der Waals surface area contributed by atoms with Gasteiger partial charge in [0.05, 0.1) is 10.9 Å². The van der Waals surface area contributed by atoms with Gasteiger partial charge < -0.3 is 5.32 Å². The fraction of sp³-hybridized carbons (Fsp3) is 1.00. The third-order valence-electron chi connectivity index (χ3n) is 4.32. The summed E-state index contributed by atoms with van der Waals surface area (Å²) in [5, 5.41) is 3.25. The Kier molecular flexibility index (Phi) is 4.26. The van der Waals surface area contributed by atoms with Crippen molar-refractivity contribution in [1.82, 2.24) is 14.5 Å². The van der Waals surface area contributed by atoms with E-state index in [0.29, 0.717) is 19.1 Å². The van der Waals surface area contributed by atoms with Gasteiger partial charge in [-0.15, -0.1) is 0 Å². The molecule has 2 heterocycles. The second kappa shape index (κ2) is 5.31. The molecule has 1 N–H and O–H groups in total. The molecule has 2 saturated heterocycles. The second-order valence-electron chi connectivity index (χ2n) is 6.51. The van der Waals surface area contributed by atoms with Gasteiger partial charge in [0.2, 0.25) is 10.0 Å². The van der Waals surface area contributed by atoms with Gasteiger partial charge in [0.25, 0.3) is 0 Å². The van der Waals surface area contributed by atoms with Crippen LogP contribution in [0.2, 0.25) is 0 Å². The summed E-state index contributed by atoms with van der Waals surface area (Å²) in [7, 11) is -3.26. The zero-order chi connectivity index (χ0) is 14.3. The van der Waals surface area contributed by atoms with E-state index in [-0.39, 0.29) is 6.17 Å². The van der Waals surface area contributed by atoms with Crippen molar-refractivity contribution in [3.8, 4) is 0 Å². The minimum Gasteiger partial charge on any atom is -0.314 e. The van der Waals surface area contributed by atoms with Gasteiger partial charge in [0, 0.05) is 32.2 Å². The molecule has 0 radical (unpaired) electrons. The van der Waals surface area contributed by atoms with Gasteiger partial charge in [-0.3, -0.25) is 4.90 Å². The number of hydrogen-bond acceptors (Lipinski definition) is 4. The zero-order valence-corrected chi connectivity index (χ0v) is 13.3. The third kappa shape index (κ3) is 2.68. The maximum Gasteiger partial charge on any atom is 0.221 e. The van der Waals surface area contributed by atoms with Gasteiger partial charge in [-0.1, -0.05) is 0 Å². The summed E-state index contributed by atoms with van der Waals surface area (Å²) in [5.74, 6) is 0. The van der Waals surface area contributed by atoms with Crippen LogP contribution in [0.3, 0.4) is 0 Å². The highest BCUT2D eigenvalue weighted by molar-refractivity contribution is 7.90. The molecule has 1 unspecified atom stereocenters. The number of nitrogens with zero attached hydrogens (tertiary/aromatic N) is 2. The molecule has 0 aromatic rings. The molecule has 2 aliphatic rings. The molecular weight excluding hydrogens is 262 g/mol. The highest BCUT2D eigenvalue weighted by atomic mass is 32.2. The lowest BCUT2D eigenvalue weighted by molar-refractivity contribution is 0.113. The number of nitrogens with one attached hydrogen (secondary N) is 1. The molecule has 2 aliphatic heterocycles. The molecule has 0 aromatic carbocycles. The van der Waals surface area contributed by atoms with Crippen molar-refractivity contribution in [1.29, 1.82) is 0 Å². The zero-order valence-electron chi connectivity index (χ0n) is 12.5. The summed E-state index contributed by atoms with van der Waals surface area (Å²) >= 11 is 0. The summed E-state index contributed by atoms with van der Waals surface area (Å²) in [6.07, 6.45) is 2.08. The maximum atomic E-state index is 12.9. The normalized spacial score (nSPS) is 32.6. The molecule has 0 bridgehead atoms. The second-order valence-corrected chi connectivity index (χ2v) is 9.03. The lowest BCUT2D eigenvalue weighted by atomic mass is 10.2. The molecule has 0 saturated carbocycles. The average Bonchev–Trinajstić information content (AvgIpc) is 2.73. The molecule has 1 atom stereocenters. The van der Waals surface area contributed by atoms with Crippen LogP contribution in [-0.4, -0.2) is 60.8 Å². The van der Waals surface area contributed by atoms with E-state index in [1.165, 1.54) is 0 Å². The summed E-state index contributed by atoms with van der Waals surface area (Å²) in [6.45, 7) is 10.8. The van der Waals surface area contributed by atoms with Crippen LogP contribution in [0.5, 0.6) is 0 Å². The lowest BCUT2D eigenvalue weighted by Crippen LogP contribution is -2.55. The van der Waals surface area contributed by atoms with E-state index in [2.05, 4.69) is 24.1 Å². The number of hydrogen-bond donors (Lipinski definition) is 1. The van der Waals surface area contributed by atoms with Crippen LogP contribution in [0, 0.1) is 0 Å². The van der Waals surface area contributed by atoms with Crippen LogP contribution in [0.15, 0.2) is 0 Å². The monoisotopic (exact) mass is 289 g/mol. The molecule has 6 heteroatoms. The smallest absolute Gasteiger partial charge is 0.221 e. The first-order valence-electron chi connectivity index (χ1n) is 7.25. The van der Waals surface area contributed by atoms with Crippen LogP contribution >= 0.6 is 0 Å². The summed E-state index contributed by atoms with van der Waals surface area (Å²) in [6, 6.07) is 0.391. The first kappa shape index (κ1) is 15.2. The Balaban J connectivity index is 2.31. The van der Waals surface area contributed by atoms with Crippen LogP contribution in [0.4, 0.5) is 0 Å². The van der Waals surface area contributed by atoms with Crippen LogP contribution in [0.25, 0.3) is 0 Å². The Morgan fingerprint density at radius 3 is 2.58 bits per heavy atom. The third-order valence-corrected chi connectivity index (χ3v) is 6.91. The predicted octanol–water partition coefficient (Wildman–Crippen LogP) is 0.830. The molecule has 19 heavy (non-hydrogen) atoms. The van der Waals surface area contributed by atoms with Gasteiger partial charge in [0.15, 0.2) is 0 Å². The standard InChI is InChI=1S/C13H27N3O2S/c1-11(2)15-8-5-6-12(15)16-9-7-14-10-13(3,4)19(16,17)18/h11-12,14H,5-10H2,1-4H3. The largest absolute Gasteiger partial charge is 0.314 e. The number of rotatable bonds is 2. The quantitative estimate of drug-likeness (QED) is 0.818. The van der Waals surface area contributed by atoms with Crippen molar-refractivity contribution >= 4 is 10.0 Å². The molecular formula is C13H27N3O2S. The predicted molar refractivity (Wildman–Crippen MR) is 77.4 cm³/mol. The Morgan fingerprint density at radius 1 is 1.26 bits per heavy atom. The Hall–Kier alpha value is -0.170. The number of likely N-dealkylation sites (tertiary alicyclic amines) is 1. The SMILES string of the molecule is CC(C)N1CCCC1N1CCNCC(C)(C)S1(=O)=O. The van der Waals surface area contributed by atoms with E-state index in [9.17, 15) is 8.42 Å². The van der Waals surface area contributed by atoms with Crippen molar-refractivity contribution < 1.29 is 8.42 Å². The molecule has 112 valence electrons. The summed E-state index contributed by atoms with van der Waals surface area (Å²) in [4.78, 5) is 2.32. The molecule has 0 aromatic heterocycles. The van der Waals surface area contributed by atoms with E-state index in [1.54, 1.807) is 4.31 Å².